The number of nitrogens with zero attached hydrogens (tertiary/aromatic N) is 2. The van der Waals surface area contributed by atoms with Crippen LogP contribution in [0.2, 0.25) is 0 Å². The summed E-state index contributed by atoms with van der Waals surface area (Å²) in [7, 11) is 0. The molecule has 0 fully saturated rings. The quantitative estimate of drug-likeness (QED) is 0.824. The van der Waals surface area contributed by atoms with Gasteiger partial charge in [-0.15, -0.1) is 0 Å². The second-order valence-electron chi connectivity index (χ2n) is 3.44. The van der Waals surface area contributed by atoms with Crippen LogP contribution in [0.15, 0.2) is 43.0 Å². The highest BCUT2D eigenvalue weighted by Crippen LogP contribution is 2.12. The van der Waals surface area contributed by atoms with Gasteiger partial charge in [-0.1, -0.05) is 6.92 Å². The van der Waals surface area contributed by atoms with Gasteiger partial charge in [0.2, 0.25) is 0 Å². The van der Waals surface area contributed by atoms with Gasteiger partial charge in [0.15, 0.2) is 0 Å². The van der Waals surface area contributed by atoms with Crippen LogP contribution in [0, 0.1) is 0 Å². The highest BCUT2D eigenvalue weighted by Gasteiger charge is 1.95. The first-order valence-electron chi connectivity index (χ1n) is 5.22. The fourth-order valence-corrected chi connectivity index (χ4v) is 1.43. The predicted octanol–water partition coefficient (Wildman–Crippen LogP) is 2.69. The first-order chi connectivity index (χ1) is 7.40. The molecule has 2 aromatic rings. The van der Waals surface area contributed by atoms with Gasteiger partial charge in [-0.05, 0) is 30.7 Å². The Hall–Kier alpha value is -1.77. The zero-order valence-corrected chi connectivity index (χ0v) is 8.85. The number of aromatic nitrogens is 2. The monoisotopic (exact) mass is 201 g/mol. The van der Waals surface area contributed by atoms with Crippen molar-refractivity contribution >= 4 is 5.69 Å². The molecule has 1 N–H and O–H groups in total. The molecule has 1 heterocycles. The van der Waals surface area contributed by atoms with Gasteiger partial charge in [-0.25, -0.2) is 4.98 Å². The topological polar surface area (TPSA) is 29.9 Å². The number of hydrogen-bond donors (Lipinski definition) is 1. The van der Waals surface area contributed by atoms with E-state index in [9.17, 15) is 0 Å². The fourth-order valence-electron chi connectivity index (χ4n) is 1.43. The maximum absolute atomic E-state index is 4.02. The first kappa shape index (κ1) is 9.77. The van der Waals surface area contributed by atoms with E-state index in [2.05, 4.69) is 41.5 Å². The van der Waals surface area contributed by atoms with E-state index in [1.807, 2.05) is 10.8 Å². The molecular formula is C12H15N3. The van der Waals surface area contributed by atoms with E-state index in [4.69, 9.17) is 0 Å². The number of nitrogens with one attached hydrogen (secondary N) is 1. The summed E-state index contributed by atoms with van der Waals surface area (Å²) in [5.74, 6) is 0. The summed E-state index contributed by atoms with van der Waals surface area (Å²) in [4.78, 5) is 4.02. The van der Waals surface area contributed by atoms with Crippen molar-refractivity contribution in [1.29, 1.82) is 0 Å². The van der Waals surface area contributed by atoms with E-state index in [1.165, 1.54) is 5.69 Å². The van der Waals surface area contributed by atoms with Crippen LogP contribution in [0.1, 0.15) is 13.3 Å². The third-order valence-corrected chi connectivity index (χ3v) is 2.25. The molecule has 0 spiro atoms. The maximum atomic E-state index is 4.02. The van der Waals surface area contributed by atoms with Gasteiger partial charge in [-0.2, -0.15) is 0 Å². The number of rotatable bonds is 4. The molecule has 0 aliphatic carbocycles. The summed E-state index contributed by atoms with van der Waals surface area (Å²) in [6.07, 6.45) is 6.66. The highest BCUT2D eigenvalue weighted by molar-refractivity contribution is 5.48. The molecule has 0 saturated carbocycles. The van der Waals surface area contributed by atoms with E-state index in [0.29, 0.717) is 0 Å². The average molecular weight is 201 g/mol. The summed E-state index contributed by atoms with van der Waals surface area (Å²) >= 11 is 0. The Morgan fingerprint density at radius 3 is 2.67 bits per heavy atom. The molecule has 0 amide bonds. The zero-order valence-electron chi connectivity index (χ0n) is 8.85. The van der Waals surface area contributed by atoms with Gasteiger partial charge in [-0.3, -0.25) is 0 Å². The zero-order chi connectivity index (χ0) is 10.5. The Kier molecular flexibility index (Phi) is 3.02. The van der Waals surface area contributed by atoms with Crippen molar-refractivity contribution in [3.63, 3.8) is 0 Å². The molecule has 0 saturated heterocycles. The standard InChI is InChI=1S/C12H15N3/c1-2-7-14-11-3-5-12(6-4-11)15-9-8-13-10-15/h3-6,8-10,14H,2,7H2,1H3. The normalized spacial score (nSPS) is 10.2. The number of imidazole rings is 1. The van der Waals surface area contributed by atoms with Crippen molar-refractivity contribution in [2.24, 2.45) is 0 Å². The van der Waals surface area contributed by atoms with E-state index in [1.54, 1.807) is 12.5 Å². The van der Waals surface area contributed by atoms with Crippen molar-refractivity contribution in [2.75, 3.05) is 11.9 Å². The summed E-state index contributed by atoms with van der Waals surface area (Å²) < 4.78 is 1.99. The molecule has 1 aromatic carbocycles. The average Bonchev–Trinajstić information content (AvgIpc) is 2.80. The van der Waals surface area contributed by atoms with Crippen LogP contribution >= 0.6 is 0 Å². The van der Waals surface area contributed by atoms with Gasteiger partial charge in [0.1, 0.15) is 0 Å². The van der Waals surface area contributed by atoms with Crippen LogP contribution < -0.4 is 5.32 Å². The van der Waals surface area contributed by atoms with Gasteiger partial charge < -0.3 is 9.88 Å². The SMILES string of the molecule is CCCNc1ccc(-n2ccnc2)cc1. The van der Waals surface area contributed by atoms with Crippen LogP contribution in [0.25, 0.3) is 5.69 Å². The van der Waals surface area contributed by atoms with Crippen LogP contribution in [-0.4, -0.2) is 16.1 Å². The lowest BCUT2D eigenvalue weighted by atomic mass is 10.2. The minimum absolute atomic E-state index is 1.02. The van der Waals surface area contributed by atoms with Gasteiger partial charge in [0.05, 0.1) is 6.33 Å². The Morgan fingerprint density at radius 1 is 1.27 bits per heavy atom. The van der Waals surface area contributed by atoms with Gasteiger partial charge in [0.25, 0.3) is 0 Å². The summed E-state index contributed by atoms with van der Waals surface area (Å²) in [5, 5.41) is 3.34. The lowest BCUT2D eigenvalue weighted by Gasteiger charge is -2.06. The summed E-state index contributed by atoms with van der Waals surface area (Å²) in [6.45, 7) is 3.18. The minimum Gasteiger partial charge on any atom is -0.385 e. The highest BCUT2D eigenvalue weighted by atomic mass is 15.0. The van der Waals surface area contributed by atoms with E-state index in [0.717, 1.165) is 18.7 Å². The summed E-state index contributed by atoms with van der Waals surface area (Å²) in [6, 6.07) is 8.34. The molecule has 0 aliphatic heterocycles. The van der Waals surface area contributed by atoms with Crippen molar-refractivity contribution in [3.05, 3.63) is 43.0 Å². The number of hydrogen-bond acceptors (Lipinski definition) is 2. The lowest BCUT2D eigenvalue weighted by molar-refractivity contribution is 0.979. The Balaban J connectivity index is 2.11. The van der Waals surface area contributed by atoms with Crippen LogP contribution in [-0.2, 0) is 0 Å². The molecule has 1 aromatic heterocycles. The largest absolute Gasteiger partial charge is 0.385 e. The van der Waals surface area contributed by atoms with E-state index in [-0.39, 0.29) is 0 Å². The molecule has 15 heavy (non-hydrogen) atoms. The molecule has 3 nitrogen and oxygen atoms in total. The molecule has 0 radical (unpaired) electrons. The second kappa shape index (κ2) is 4.64. The number of anilines is 1. The smallest absolute Gasteiger partial charge is 0.0991 e. The third-order valence-electron chi connectivity index (χ3n) is 2.25. The molecule has 3 heteroatoms. The lowest BCUT2D eigenvalue weighted by Crippen LogP contribution is -1.99. The van der Waals surface area contributed by atoms with Crippen LogP contribution in [0.4, 0.5) is 5.69 Å². The van der Waals surface area contributed by atoms with Crippen molar-refractivity contribution in [3.8, 4) is 5.69 Å². The van der Waals surface area contributed by atoms with E-state index >= 15 is 0 Å². The Morgan fingerprint density at radius 2 is 2.07 bits per heavy atom. The minimum atomic E-state index is 1.02. The predicted molar refractivity (Wildman–Crippen MR) is 62.3 cm³/mol. The summed E-state index contributed by atoms with van der Waals surface area (Å²) in [5.41, 5.74) is 2.30. The second-order valence-corrected chi connectivity index (χ2v) is 3.44. The van der Waals surface area contributed by atoms with Gasteiger partial charge in [0, 0.05) is 30.3 Å². The Labute approximate surface area is 89.8 Å². The third kappa shape index (κ3) is 2.37. The Bertz CT molecular complexity index is 389. The van der Waals surface area contributed by atoms with Crippen molar-refractivity contribution in [2.45, 2.75) is 13.3 Å². The fraction of sp³-hybridized carbons (Fsp3) is 0.250. The molecular weight excluding hydrogens is 186 g/mol. The van der Waals surface area contributed by atoms with Crippen LogP contribution in [0.3, 0.4) is 0 Å². The van der Waals surface area contributed by atoms with E-state index < -0.39 is 0 Å². The van der Waals surface area contributed by atoms with Crippen molar-refractivity contribution < 1.29 is 0 Å². The molecule has 2 rings (SSSR count). The first-order valence-corrected chi connectivity index (χ1v) is 5.22. The van der Waals surface area contributed by atoms with Crippen LogP contribution in [0.5, 0.6) is 0 Å². The molecule has 0 atom stereocenters. The number of benzene rings is 1. The maximum Gasteiger partial charge on any atom is 0.0991 e. The molecule has 0 unspecified atom stereocenters. The molecule has 0 aliphatic rings. The van der Waals surface area contributed by atoms with Crippen molar-refractivity contribution in [1.82, 2.24) is 9.55 Å². The van der Waals surface area contributed by atoms with Gasteiger partial charge >= 0.3 is 0 Å². The molecule has 78 valence electrons. The molecule has 0 bridgehead atoms.